The van der Waals surface area contributed by atoms with Crippen molar-refractivity contribution < 1.29 is 19.0 Å². The average molecular weight is 605 g/mol. The molecule has 10 nitrogen and oxygen atoms in total. The number of hydrogen-bond donors (Lipinski definition) is 2. The second kappa shape index (κ2) is 15.5. The summed E-state index contributed by atoms with van der Waals surface area (Å²) in [6.45, 7) is 18.4. The van der Waals surface area contributed by atoms with Gasteiger partial charge in [0.15, 0.2) is 11.5 Å². The van der Waals surface area contributed by atoms with Gasteiger partial charge < -0.3 is 25.3 Å². The number of pyridine rings is 1. The fourth-order valence-corrected chi connectivity index (χ4v) is 6.22. The molecule has 0 bridgehead atoms. The summed E-state index contributed by atoms with van der Waals surface area (Å²) in [7, 11) is 0. The predicted octanol–water partition coefficient (Wildman–Crippen LogP) is 3.82. The average Bonchev–Trinajstić information content (AvgIpc) is 3.03. The van der Waals surface area contributed by atoms with Crippen molar-refractivity contribution >= 4 is 28.2 Å². The second-order valence-corrected chi connectivity index (χ2v) is 11.5. The molecule has 10 heteroatoms. The highest BCUT2D eigenvalue weighted by atomic mass is 16.5. The van der Waals surface area contributed by atoms with Crippen LogP contribution in [0.2, 0.25) is 0 Å². The molecule has 2 aliphatic rings. The monoisotopic (exact) mass is 604 g/mol. The van der Waals surface area contributed by atoms with E-state index in [1.807, 2.05) is 26.0 Å². The number of aromatic nitrogens is 1. The summed E-state index contributed by atoms with van der Waals surface area (Å²) < 4.78 is 17.3. The lowest BCUT2D eigenvalue weighted by atomic mass is 10.00. The van der Waals surface area contributed by atoms with Gasteiger partial charge in [-0.1, -0.05) is 19.1 Å². The van der Waals surface area contributed by atoms with E-state index < -0.39 is 5.91 Å². The number of nitrogens with two attached hydrogens (primary N) is 1. The summed E-state index contributed by atoms with van der Waals surface area (Å²) in [6, 6.07) is 10.3. The van der Waals surface area contributed by atoms with Crippen molar-refractivity contribution in [3.8, 4) is 11.5 Å². The number of anilines is 2. The molecule has 5 rings (SSSR count). The molecule has 2 saturated heterocycles. The van der Waals surface area contributed by atoms with Crippen LogP contribution in [0.15, 0.2) is 36.5 Å². The van der Waals surface area contributed by atoms with Crippen LogP contribution < -0.4 is 20.5 Å². The highest BCUT2D eigenvalue weighted by Crippen LogP contribution is 2.38. The number of primary amides is 1. The Hall–Kier alpha value is -3.44. The summed E-state index contributed by atoms with van der Waals surface area (Å²) in [5.41, 5.74) is 11.6. The number of amides is 1. The van der Waals surface area contributed by atoms with E-state index >= 15 is 0 Å². The molecule has 0 radical (unpaired) electrons. The van der Waals surface area contributed by atoms with Crippen LogP contribution in [0.25, 0.3) is 10.9 Å². The molecular formula is C34H48N6O4. The van der Waals surface area contributed by atoms with Crippen molar-refractivity contribution in [2.45, 2.75) is 40.2 Å². The van der Waals surface area contributed by atoms with Crippen molar-refractivity contribution in [2.75, 3.05) is 84.1 Å². The molecule has 0 spiro atoms. The number of ether oxygens (including phenoxy) is 3. The third-order valence-corrected chi connectivity index (χ3v) is 8.56. The Kier molecular flexibility index (Phi) is 11.3. The maximum absolute atomic E-state index is 12.1. The molecule has 0 saturated carbocycles. The Morgan fingerprint density at radius 1 is 0.909 bits per heavy atom. The molecule has 3 heterocycles. The molecule has 0 atom stereocenters. The van der Waals surface area contributed by atoms with Crippen LogP contribution in [0.1, 0.15) is 37.5 Å². The van der Waals surface area contributed by atoms with Gasteiger partial charge in [0, 0.05) is 87.8 Å². The summed E-state index contributed by atoms with van der Waals surface area (Å²) in [4.78, 5) is 24.4. The molecular weight excluding hydrogens is 556 g/mol. The first kappa shape index (κ1) is 32.0. The molecule has 3 N–H and O–H groups in total. The normalized spacial score (nSPS) is 16.7. The Labute approximate surface area is 261 Å². The SMILES string of the molecule is CCOc1cc2ncc(CC(N)=O)c(Nc3cccc(CN4CCN(CCN5CCOCC5)CC4)c3CC)c2cc1OCC. The molecule has 1 aromatic heterocycles. The number of nitrogens with one attached hydrogen (secondary N) is 1. The van der Waals surface area contributed by atoms with Gasteiger partial charge in [0.1, 0.15) is 0 Å². The zero-order chi connectivity index (χ0) is 30.9. The molecule has 0 unspecified atom stereocenters. The third-order valence-electron chi connectivity index (χ3n) is 8.56. The van der Waals surface area contributed by atoms with Gasteiger partial charge in [0.05, 0.1) is 44.1 Å². The molecule has 1 amide bonds. The number of morpholine rings is 1. The standard InChI is InChI=1S/C34H48N6O4/c1-4-27-25(24-40-14-12-38(13-15-40)10-11-39-16-18-42-19-17-39)8-7-9-29(27)37-34-26(20-33(35)41)23-36-30-22-32(44-6-3)31(43-5-2)21-28(30)34/h7-9,21-23H,4-6,10-20,24H2,1-3H3,(H2,35,41)(H,36,37). The van der Waals surface area contributed by atoms with E-state index in [1.165, 1.54) is 11.1 Å². The van der Waals surface area contributed by atoms with Gasteiger partial charge in [-0.15, -0.1) is 0 Å². The summed E-state index contributed by atoms with van der Waals surface area (Å²) in [5, 5.41) is 4.57. The fraction of sp³-hybridized carbons (Fsp3) is 0.529. The Morgan fingerprint density at radius 3 is 2.23 bits per heavy atom. The molecule has 44 heavy (non-hydrogen) atoms. The van der Waals surface area contributed by atoms with Crippen LogP contribution in [-0.4, -0.2) is 104 Å². The van der Waals surface area contributed by atoms with Gasteiger partial charge in [-0.05, 0) is 43.5 Å². The van der Waals surface area contributed by atoms with Crippen LogP contribution in [0.4, 0.5) is 11.4 Å². The van der Waals surface area contributed by atoms with Gasteiger partial charge in [0.2, 0.25) is 5.91 Å². The fourth-order valence-electron chi connectivity index (χ4n) is 6.22. The molecule has 3 aromatic rings. The zero-order valence-corrected chi connectivity index (χ0v) is 26.6. The van der Waals surface area contributed by atoms with Gasteiger partial charge in [-0.3, -0.25) is 24.5 Å². The van der Waals surface area contributed by atoms with E-state index in [0.717, 1.165) is 106 Å². The molecule has 2 fully saturated rings. The van der Waals surface area contributed by atoms with Crippen molar-refractivity contribution in [1.29, 1.82) is 0 Å². The van der Waals surface area contributed by atoms with E-state index in [4.69, 9.17) is 19.9 Å². The zero-order valence-electron chi connectivity index (χ0n) is 26.6. The molecule has 2 aliphatic heterocycles. The molecule has 238 valence electrons. The highest BCUT2D eigenvalue weighted by Gasteiger charge is 2.21. The maximum Gasteiger partial charge on any atom is 0.221 e. The van der Waals surface area contributed by atoms with Crippen LogP contribution in [0.3, 0.4) is 0 Å². The van der Waals surface area contributed by atoms with E-state index in [-0.39, 0.29) is 6.42 Å². The first-order chi connectivity index (χ1) is 21.5. The minimum Gasteiger partial charge on any atom is -0.490 e. The van der Waals surface area contributed by atoms with Crippen molar-refractivity contribution in [3.05, 3.63) is 53.2 Å². The number of rotatable bonds is 14. The van der Waals surface area contributed by atoms with Gasteiger partial charge in [-0.2, -0.15) is 0 Å². The summed E-state index contributed by atoms with van der Waals surface area (Å²) in [5.74, 6) is 0.899. The highest BCUT2D eigenvalue weighted by molar-refractivity contribution is 5.98. The molecule has 0 aliphatic carbocycles. The predicted molar refractivity (Wildman–Crippen MR) is 175 cm³/mol. The summed E-state index contributed by atoms with van der Waals surface area (Å²) >= 11 is 0. The van der Waals surface area contributed by atoms with Crippen LogP contribution in [0.5, 0.6) is 11.5 Å². The number of nitrogens with zero attached hydrogens (tertiary/aromatic N) is 4. The minimum atomic E-state index is -0.404. The second-order valence-electron chi connectivity index (χ2n) is 11.5. The Balaban J connectivity index is 1.35. The number of hydrogen-bond acceptors (Lipinski definition) is 9. The van der Waals surface area contributed by atoms with Crippen molar-refractivity contribution in [3.63, 3.8) is 0 Å². The van der Waals surface area contributed by atoms with Crippen LogP contribution >= 0.6 is 0 Å². The maximum atomic E-state index is 12.1. The van der Waals surface area contributed by atoms with Gasteiger partial charge in [0.25, 0.3) is 0 Å². The van der Waals surface area contributed by atoms with Crippen LogP contribution in [0, 0.1) is 0 Å². The Morgan fingerprint density at radius 2 is 1.57 bits per heavy atom. The van der Waals surface area contributed by atoms with Gasteiger partial charge >= 0.3 is 0 Å². The summed E-state index contributed by atoms with van der Waals surface area (Å²) in [6.07, 6.45) is 2.70. The van der Waals surface area contributed by atoms with E-state index in [1.54, 1.807) is 6.20 Å². The van der Waals surface area contributed by atoms with E-state index in [2.05, 4.69) is 50.1 Å². The molecule has 2 aromatic carbocycles. The lowest BCUT2D eigenvalue weighted by Gasteiger charge is -2.36. The van der Waals surface area contributed by atoms with E-state index in [0.29, 0.717) is 24.7 Å². The number of carbonyl (C=O) groups excluding carboxylic acids is 1. The minimum absolute atomic E-state index is 0.0828. The quantitative estimate of drug-likeness (QED) is 0.284. The van der Waals surface area contributed by atoms with Crippen molar-refractivity contribution in [2.24, 2.45) is 5.73 Å². The number of fused-ring (bicyclic) bond motifs is 1. The largest absolute Gasteiger partial charge is 0.490 e. The smallest absolute Gasteiger partial charge is 0.221 e. The lowest BCUT2D eigenvalue weighted by molar-refractivity contribution is -0.117. The topological polar surface area (TPSA) is 105 Å². The number of carbonyl (C=O) groups is 1. The Bertz CT molecular complexity index is 1400. The van der Waals surface area contributed by atoms with Crippen molar-refractivity contribution in [1.82, 2.24) is 19.7 Å². The first-order valence-corrected chi connectivity index (χ1v) is 16.1. The van der Waals surface area contributed by atoms with Gasteiger partial charge in [-0.25, -0.2) is 0 Å². The third kappa shape index (κ3) is 7.98. The number of benzene rings is 2. The lowest BCUT2D eigenvalue weighted by Crippen LogP contribution is -2.49. The first-order valence-electron chi connectivity index (χ1n) is 16.1. The van der Waals surface area contributed by atoms with Crippen LogP contribution in [-0.2, 0) is 28.9 Å². The number of piperazine rings is 1. The van der Waals surface area contributed by atoms with E-state index in [9.17, 15) is 4.79 Å².